The Morgan fingerprint density at radius 3 is 2.79 bits per heavy atom. The zero-order chi connectivity index (χ0) is 10.2. The highest BCUT2D eigenvalue weighted by Gasteiger charge is 2.65. The second-order valence-corrected chi connectivity index (χ2v) is 7.11. The molecule has 1 aliphatic heterocycles. The molecule has 2 aliphatic carbocycles. The molecule has 3 nitrogen and oxygen atoms in total. The second-order valence-electron chi connectivity index (χ2n) is 5.39. The Balaban J connectivity index is 2.21. The van der Waals surface area contributed by atoms with E-state index in [9.17, 15) is 8.42 Å². The van der Waals surface area contributed by atoms with Gasteiger partial charge in [0.15, 0.2) is 0 Å². The fraction of sp³-hybridized carbons (Fsp3) is 0.800. The first-order chi connectivity index (χ1) is 6.37. The van der Waals surface area contributed by atoms with E-state index in [1.165, 1.54) is 0 Å². The van der Waals surface area contributed by atoms with Crippen molar-refractivity contribution in [3.05, 3.63) is 11.8 Å². The average Bonchev–Trinajstić information content (AvgIpc) is 2.50. The number of sulfonamides is 1. The first kappa shape index (κ1) is 8.77. The zero-order valence-electron chi connectivity index (χ0n) is 8.50. The summed E-state index contributed by atoms with van der Waals surface area (Å²) < 4.78 is 25.8. The molecule has 2 atom stereocenters. The largest absolute Gasteiger partial charge is 0.287 e. The topological polar surface area (TPSA) is 46.2 Å². The van der Waals surface area contributed by atoms with Gasteiger partial charge in [0, 0.05) is 11.1 Å². The van der Waals surface area contributed by atoms with Gasteiger partial charge in [0.25, 0.3) is 0 Å². The Morgan fingerprint density at radius 1 is 1.50 bits per heavy atom. The third-order valence-corrected chi connectivity index (χ3v) is 6.03. The van der Waals surface area contributed by atoms with Crippen molar-refractivity contribution in [2.24, 2.45) is 16.7 Å². The average molecular weight is 213 g/mol. The van der Waals surface area contributed by atoms with Crippen LogP contribution in [0.1, 0.15) is 26.7 Å². The molecule has 4 heteroatoms. The monoisotopic (exact) mass is 213 g/mol. The summed E-state index contributed by atoms with van der Waals surface area (Å²) in [6, 6.07) is 0. The highest BCUT2D eigenvalue weighted by Crippen LogP contribution is 2.66. The third-order valence-electron chi connectivity index (χ3n) is 4.63. The van der Waals surface area contributed by atoms with E-state index < -0.39 is 10.0 Å². The molecular formula is C10H15NO2S. The minimum absolute atomic E-state index is 0.0868. The van der Waals surface area contributed by atoms with Crippen molar-refractivity contribution >= 4 is 10.0 Å². The molecular weight excluding hydrogens is 198 g/mol. The molecule has 2 fully saturated rings. The highest BCUT2D eigenvalue weighted by molar-refractivity contribution is 7.90. The van der Waals surface area contributed by atoms with Crippen molar-refractivity contribution in [3.63, 3.8) is 0 Å². The number of nitrogens with one attached hydrogen (secondary N) is 1. The molecule has 1 N–H and O–H groups in total. The van der Waals surface area contributed by atoms with Gasteiger partial charge in [-0.2, -0.15) is 0 Å². The van der Waals surface area contributed by atoms with Gasteiger partial charge < -0.3 is 0 Å². The summed E-state index contributed by atoms with van der Waals surface area (Å²) in [5, 5.41) is 0. The van der Waals surface area contributed by atoms with Gasteiger partial charge in [-0.15, -0.1) is 0 Å². The Labute approximate surface area is 84.6 Å². The van der Waals surface area contributed by atoms with Crippen molar-refractivity contribution in [2.45, 2.75) is 26.7 Å². The molecule has 1 saturated carbocycles. The van der Waals surface area contributed by atoms with E-state index in [1.807, 2.05) is 0 Å². The minimum Gasteiger partial charge on any atom is -0.287 e. The smallest absolute Gasteiger partial charge is 0.233 e. The minimum atomic E-state index is -3.04. The van der Waals surface area contributed by atoms with Gasteiger partial charge in [0.2, 0.25) is 10.0 Å². The molecule has 3 aliphatic rings. The van der Waals surface area contributed by atoms with E-state index in [4.69, 9.17) is 0 Å². The van der Waals surface area contributed by atoms with Crippen molar-refractivity contribution in [1.82, 2.24) is 4.72 Å². The van der Waals surface area contributed by atoms with Crippen LogP contribution in [0.5, 0.6) is 0 Å². The van der Waals surface area contributed by atoms with Crippen molar-refractivity contribution in [2.75, 3.05) is 5.75 Å². The van der Waals surface area contributed by atoms with Gasteiger partial charge >= 0.3 is 0 Å². The van der Waals surface area contributed by atoms with Gasteiger partial charge in [-0.3, -0.25) is 4.72 Å². The van der Waals surface area contributed by atoms with Gasteiger partial charge in [0.1, 0.15) is 0 Å². The molecule has 1 heterocycles. The van der Waals surface area contributed by atoms with E-state index >= 15 is 0 Å². The fourth-order valence-corrected chi connectivity index (χ4v) is 5.56. The standard InChI is InChI=1S/C10H15NO2S/c1-9(2)7-3-4-10(9)6-14(12,13)11-8(10)5-7/h5,7,11H,3-4,6H2,1-2H3. The molecule has 0 aromatic heterocycles. The quantitative estimate of drug-likeness (QED) is 0.658. The molecule has 1 saturated heterocycles. The van der Waals surface area contributed by atoms with Crippen LogP contribution in [0.15, 0.2) is 11.8 Å². The molecule has 0 radical (unpaired) electrons. The molecule has 0 aromatic rings. The van der Waals surface area contributed by atoms with E-state index in [-0.39, 0.29) is 10.8 Å². The van der Waals surface area contributed by atoms with Crippen LogP contribution in [0, 0.1) is 16.7 Å². The predicted octanol–water partition coefficient (Wildman–Crippen LogP) is 1.24. The lowest BCUT2D eigenvalue weighted by molar-refractivity contribution is 0.178. The molecule has 14 heavy (non-hydrogen) atoms. The maximum atomic E-state index is 11.6. The van der Waals surface area contributed by atoms with Crippen molar-refractivity contribution in [3.8, 4) is 0 Å². The molecule has 0 amide bonds. The summed E-state index contributed by atoms with van der Waals surface area (Å²) >= 11 is 0. The first-order valence-electron chi connectivity index (χ1n) is 5.10. The van der Waals surface area contributed by atoms with Crippen LogP contribution >= 0.6 is 0 Å². The van der Waals surface area contributed by atoms with Crippen LogP contribution in [0.25, 0.3) is 0 Å². The summed E-state index contributed by atoms with van der Waals surface area (Å²) in [7, 11) is -3.04. The van der Waals surface area contributed by atoms with E-state index in [1.54, 1.807) is 0 Å². The SMILES string of the molecule is CC1(C)C2C=C3NS(=O)(=O)CC31CC2. The van der Waals surface area contributed by atoms with Crippen LogP contribution in [-0.4, -0.2) is 14.2 Å². The van der Waals surface area contributed by atoms with E-state index in [2.05, 4.69) is 24.6 Å². The van der Waals surface area contributed by atoms with Gasteiger partial charge in [0.05, 0.1) is 5.75 Å². The van der Waals surface area contributed by atoms with Crippen LogP contribution in [-0.2, 0) is 10.0 Å². The molecule has 3 rings (SSSR count). The summed E-state index contributed by atoms with van der Waals surface area (Å²) in [6.45, 7) is 4.41. The normalized spacial score (nSPS) is 45.9. The number of allylic oxidation sites excluding steroid dienone is 2. The first-order valence-corrected chi connectivity index (χ1v) is 6.75. The summed E-state index contributed by atoms with van der Waals surface area (Å²) in [5.74, 6) is 0.871. The molecule has 2 unspecified atom stereocenters. The Hall–Kier alpha value is -0.510. The lowest BCUT2D eigenvalue weighted by atomic mass is 9.69. The fourth-order valence-electron chi connectivity index (χ4n) is 3.57. The van der Waals surface area contributed by atoms with Crippen LogP contribution in [0.3, 0.4) is 0 Å². The van der Waals surface area contributed by atoms with Gasteiger partial charge in [-0.05, 0) is 24.2 Å². The van der Waals surface area contributed by atoms with Crippen LogP contribution < -0.4 is 4.72 Å². The van der Waals surface area contributed by atoms with Crippen LogP contribution in [0.4, 0.5) is 0 Å². The zero-order valence-corrected chi connectivity index (χ0v) is 9.32. The van der Waals surface area contributed by atoms with E-state index in [0.29, 0.717) is 11.7 Å². The summed E-state index contributed by atoms with van der Waals surface area (Å²) in [5.41, 5.74) is 1.02. The molecule has 0 aromatic carbocycles. The van der Waals surface area contributed by atoms with Crippen molar-refractivity contribution < 1.29 is 8.42 Å². The lowest BCUT2D eigenvalue weighted by Crippen LogP contribution is -2.34. The number of hydrogen-bond donors (Lipinski definition) is 1. The molecule has 2 bridgehead atoms. The van der Waals surface area contributed by atoms with Gasteiger partial charge in [-0.25, -0.2) is 8.42 Å². The van der Waals surface area contributed by atoms with Crippen LogP contribution in [0.2, 0.25) is 0 Å². The molecule has 1 spiro atoms. The maximum absolute atomic E-state index is 11.6. The Morgan fingerprint density at radius 2 is 2.21 bits per heavy atom. The second kappa shape index (κ2) is 2.03. The third kappa shape index (κ3) is 0.734. The summed E-state index contributed by atoms with van der Waals surface area (Å²) in [6.07, 6.45) is 4.32. The number of rotatable bonds is 0. The van der Waals surface area contributed by atoms with E-state index in [0.717, 1.165) is 18.5 Å². The number of fused-ring (bicyclic) bond motifs is 1. The highest BCUT2D eigenvalue weighted by atomic mass is 32.2. The van der Waals surface area contributed by atoms with Crippen molar-refractivity contribution in [1.29, 1.82) is 0 Å². The van der Waals surface area contributed by atoms with Gasteiger partial charge in [-0.1, -0.05) is 19.9 Å². The number of hydrogen-bond acceptors (Lipinski definition) is 2. The predicted molar refractivity (Wildman–Crippen MR) is 53.9 cm³/mol. The Bertz CT molecular complexity index is 435. The summed E-state index contributed by atoms with van der Waals surface area (Å²) in [4.78, 5) is 0. The lowest BCUT2D eigenvalue weighted by Gasteiger charge is -2.34. The molecule has 78 valence electrons. The Kier molecular flexibility index (Phi) is 1.27. The maximum Gasteiger partial charge on any atom is 0.233 e.